The highest BCUT2D eigenvalue weighted by atomic mass is 32.2. The zero-order chi connectivity index (χ0) is 17.3. The maximum Gasteiger partial charge on any atom is 0.245 e. The Bertz CT molecular complexity index is 901. The number of fused-ring (bicyclic) bond motifs is 1. The van der Waals surface area contributed by atoms with E-state index in [9.17, 15) is 21.6 Å². The van der Waals surface area contributed by atoms with E-state index in [1.807, 2.05) is 0 Å². The van der Waals surface area contributed by atoms with Gasteiger partial charge in [0.1, 0.15) is 5.01 Å². The number of para-hydroxylation sites is 1. The van der Waals surface area contributed by atoms with Gasteiger partial charge < -0.3 is 5.32 Å². The smallest absolute Gasteiger partial charge is 0.245 e. The summed E-state index contributed by atoms with van der Waals surface area (Å²) in [4.78, 5) is 16.4. The number of rotatable bonds is 6. The number of nitrogens with two attached hydrogens (primary N) is 1. The molecule has 11 heteroatoms. The largest absolute Gasteiger partial charge is 0.354 e. The van der Waals surface area contributed by atoms with E-state index in [0.717, 1.165) is 22.3 Å². The minimum absolute atomic E-state index is 0.141. The van der Waals surface area contributed by atoms with Gasteiger partial charge in [0.15, 0.2) is 15.1 Å². The molecule has 0 spiro atoms. The molecule has 1 aromatic carbocycles. The zero-order valence-electron chi connectivity index (χ0n) is 12.1. The lowest BCUT2D eigenvalue weighted by Crippen LogP contribution is -2.37. The highest BCUT2D eigenvalue weighted by molar-refractivity contribution is 7.91. The van der Waals surface area contributed by atoms with Gasteiger partial charge in [-0.05, 0) is 12.1 Å². The monoisotopic (exact) mass is 377 g/mol. The van der Waals surface area contributed by atoms with Crippen molar-refractivity contribution in [1.29, 1.82) is 0 Å². The molecule has 1 heterocycles. The van der Waals surface area contributed by atoms with Crippen LogP contribution in [0.4, 0.5) is 0 Å². The van der Waals surface area contributed by atoms with Gasteiger partial charge in [0.25, 0.3) is 0 Å². The van der Waals surface area contributed by atoms with E-state index in [0.29, 0.717) is 5.52 Å². The molecule has 1 atom stereocenters. The van der Waals surface area contributed by atoms with Gasteiger partial charge in [-0.25, -0.2) is 27.0 Å². The average molecular weight is 377 g/mol. The Hall–Kier alpha value is -1.56. The Morgan fingerprint density at radius 2 is 1.96 bits per heavy atom. The van der Waals surface area contributed by atoms with Crippen LogP contribution in [0, 0.1) is 0 Å². The molecular formula is C12H15N3O5S3. The summed E-state index contributed by atoms with van der Waals surface area (Å²) in [6.07, 6.45) is 0.934. The molecule has 0 fully saturated rings. The van der Waals surface area contributed by atoms with Gasteiger partial charge in [-0.3, -0.25) is 4.79 Å². The number of sulfonamides is 1. The molecule has 23 heavy (non-hydrogen) atoms. The van der Waals surface area contributed by atoms with Gasteiger partial charge in [-0.1, -0.05) is 12.1 Å². The van der Waals surface area contributed by atoms with Crippen LogP contribution in [0.1, 0.15) is 10.3 Å². The summed E-state index contributed by atoms with van der Waals surface area (Å²) in [5.41, 5.74) is 0.596. The molecule has 0 bridgehead atoms. The van der Waals surface area contributed by atoms with E-state index in [-0.39, 0.29) is 11.6 Å². The maximum atomic E-state index is 12.2. The summed E-state index contributed by atoms with van der Waals surface area (Å²) in [6.45, 7) is -0.269. The van der Waals surface area contributed by atoms with Gasteiger partial charge in [-0.15, -0.1) is 11.3 Å². The van der Waals surface area contributed by atoms with Crippen molar-refractivity contribution in [2.24, 2.45) is 5.14 Å². The van der Waals surface area contributed by atoms with Gasteiger partial charge >= 0.3 is 0 Å². The first kappa shape index (κ1) is 17.8. The molecule has 1 aromatic heterocycles. The first-order valence-corrected chi connectivity index (χ1v) is 10.9. The zero-order valence-corrected chi connectivity index (χ0v) is 14.5. The SMILES string of the molecule is CS(=O)(=O)C(C(=O)NCCS(N)(=O)=O)c1nc2ccccc2s1. The highest BCUT2D eigenvalue weighted by Crippen LogP contribution is 2.30. The number of nitrogens with one attached hydrogen (secondary N) is 1. The van der Waals surface area contributed by atoms with Crippen LogP contribution in [-0.4, -0.2) is 46.3 Å². The third kappa shape index (κ3) is 4.70. The Morgan fingerprint density at radius 3 is 2.52 bits per heavy atom. The number of benzene rings is 1. The van der Waals surface area contributed by atoms with Crippen LogP contribution in [0.3, 0.4) is 0 Å². The van der Waals surface area contributed by atoms with Crippen molar-refractivity contribution in [3.8, 4) is 0 Å². The van der Waals surface area contributed by atoms with E-state index in [1.54, 1.807) is 24.3 Å². The molecule has 2 rings (SSSR count). The predicted octanol–water partition coefficient (Wildman–Crippen LogP) is -0.213. The average Bonchev–Trinajstić information content (AvgIpc) is 2.78. The van der Waals surface area contributed by atoms with Crippen molar-refractivity contribution >= 4 is 47.3 Å². The molecule has 126 valence electrons. The second-order valence-corrected chi connectivity index (χ2v) is 9.81. The molecule has 1 amide bonds. The van der Waals surface area contributed by atoms with Crippen molar-refractivity contribution in [3.63, 3.8) is 0 Å². The second kappa shape index (κ2) is 6.51. The number of carbonyl (C=O) groups is 1. The second-order valence-electron chi connectivity index (χ2n) is 4.89. The van der Waals surface area contributed by atoms with Crippen LogP contribution < -0.4 is 10.5 Å². The topological polar surface area (TPSA) is 136 Å². The summed E-state index contributed by atoms with van der Waals surface area (Å²) in [7, 11) is -7.52. The molecule has 2 aromatic rings. The van der Waals surface area contributed by atoms with Gasteiger partial charge in [0.2, 0.25) is 15.9 Å². The number of aromatic nitrogens is 1. The van der Waals surface area contributed by atoms with E-state index < -0.39 is 36.8 Å². The molecule has 1 unspecified atom stereocenters. The number of sulfone groups is 1. The van der Waals surface area contributed by atoms with Crippen LogP contribution in [0.5, 0.6) is 0 Å². The van der Waals surface area contributed by atoms with Crippen molar-refractivity contribution in [2.75, 3.05) is 18.6 Å². The lowest BCUT2D eigenvalue weighted by Gasteiger charge is -2.12. The van der Waals surface area contributed by atoms with E-state index in [2.05, 4.69) is 10.3 Å². The number of amides is 1. The summed E-state index contributed by atoms with van der Waals surface area (Å²) in [6, 6.07) is 7.03. The predicted molar refractivity (Wildman–Crippen MR) is 88.2 cm³/mol. The lowest BCUT2D eigenvalue weighted by atomic mass is 10.3. The Kier molecular flexibility index (Phi) is 5.04. The number of nitrogens with zero attached hydrogens (tertiary/aromatic N) is 1. The Balaban J connectivity index is 2.29. The van der Waals surface area contributed by atoms with Crippen LogP contribution in [0.2, 0.25) is 0 Å². The number of thiazole rings is 1. The minimum atomic E-state index is -3.78. The fourth-order valence-electron chi connectivity index (χ4n) is 1.90. The quantitative estimate of drug-likeness (QED) is 0.714. The van der Waals surface area contributed by atoms with Crippen LogP contribution >= 0.6 is 11.3 Å². The van der Waals surface area contributed by atoms with E-state index in [4.69, 9.17) is 5.14 Å². The van der Waals surface area contributed by atoms with Crippen molar-refractivity contribution < 1.29 is 21.6 Å². The van der Waals surface area contributed by atoms with Gasteiger partial charge in [0.05, 0.1) is 16.0 Å². The summed E-state index contributed by atoms with van der Waals surface area (Å²) in [5.74, 6) is -1.30. The molecule has 0 saturated carbocycles. The van der Waals surface area contributed by atoms with Crippen molar-refractivity contribution in [3.05, 3.63) is 29.3 Å². The third-order valence-electron chi connectivity index (χ3n) is 2.89. The number of hydrogen-bond acceptors (Lipinski definition) is 7. The molecule has 8 nitrogen and oxygen atoms in total. The molecule has 0 saturated heterocycles. The maximum absolute atomic E-state index is 12.2. The number of primary sulfonamides is 1. The molecule has 0 aliphatic rings. The minimum Gasteiger partial charge on any atom is -0.354 e. The number of carbonyl (C=O) groups excluding carboxylic acids is 1. The van der Waals surface area contributed by atoms with Crippen LogP contribution in [-0.2, 0) is 24.7 Å². The molecule has 0 radical (unpaired) electrons. The molecule has 0 aliphatic carbocycles. The number of hydrogen-bond donors (Lipinski definition) is 2. The molecule has 3 N–H and O–H groups in total. The Labute approximate surface area is 137 Å². The summed E-state index contributed by atoms with van der Waals surface area (Å²) < 4.78 is 46.4. The van der Waals surface area contributed by atoms with E-state index >= 15 is 0 Å². The van der Waals surface area contributed by atoms with Gasteiger partial charge in [0, 0.05) is 12.8 Å². The molecular weight excluding hydrogens is 362 g/mol. The fraction of sp³-hybridized carbons (Fsp3) is 0.333. The standard InChI is InChI=1S/C12H15N3O5S3/c1-22(17,18)10(11(16)14-6-7-23(13,19)20)12-15-8-4-2-3-5-9(8)21-12/h2-5,10H,6-7H2,1H3,(H,14,16)(H2,13,19,20). The lowest BCUT2D eigenvalue weighted by molar-refractivity contribution is -0.120. The van der Waals surface area contributed by atoms with E-state index in [1.165, 1.54) is 0 Å². The van der Waals surface area contributed by atoms with Crippen molar-refractivity contribution in [2.45, 2.75) is 5.25 Å². The Morgan fingerprint density at radius 1 is 1.30 bits per heavy atom. The normalized spacial score (nSPS) is 13.8. The van der Waals surface area contributed by atoms with Crippen LogP contribution in [0.25, 0.3) is 10.2 Å². The van der Waals surface area contributed by atoms with Crippen LogP contribution in [0.15, 0.2) is 24.3 Å². The summed E-state index contributed by atoms with van der Waals surface area (Å²) >= 11 is 1.11. The third-order valence-corrected chi connectivity index (χ3v) is 6.20. The highest BCUT2D eigenvalue weighted by Gasteiger charge is 2.33. The first-order valence-electron chi connectivity index (χ1n) is 6.40. The summed E-state index contributed by atoms with van der Waals surface area (Å²) in [5, 5.41) is 5.77. The fourth-order valence-corrected chi connectivity index (χ4v) is 4.80. The first-order chi connectivity index (χ1) is 10.6. The van der Waals surface area contributed by atoms with Gasteiger partial charge in [-0.2, -0.15) is 0 Å². The van der Waals surface area contributed by atoms with Crippen molar-refractivity contribution in [1.82, 2.24) is 10.3 Å². The molecule has 0 aliphatic heterocycles.